The Bertz CT molecular complexity index is 1050. The highest BCUT2D eigenvalue weighted by Gasteiger charge is 2.28. The maximum absolute atomic E-state index is 13.2. The Hall–Kier alpha value is -2.31. The first-order valence-corrected chi connectivity index (χ1v) is 20.5. The van der Waals surface area contributed by atoms with E-state index in [1.165, 1.54) is 4.90 Å². The number of rotatable bonds is 21. The van der Waals surface area contributed by atoms with Crippen molar-refractivity contribution in [2.75, 3.05) is 134 Å². The van der Waals surface area contributed by atoms with E-state index in [1.807, 2.05) is 23.6 Å². The highest BCUT2D eigenvalue weighted by Crippen LogP contribution is 2.12. The lowest BCUT2D eigenvalue weighted by Gasteiger charge is -2.36. The van der Waals surface area contributed by atoms with Crippen molar-refractivity contribution in [2.24, 2.45) is 0 Å². The topological polar surface area (TPSA) is 147 Å². The molecule has 0 aromatic rings. The summed E-state index contributed by atoms with van der Waals surface area (Å²) >= 11 is 0. The molecule has 0 aliphatic carbocycles. The van der Waals surface area contributed by atoms with Gasteiger partial charge in [0.25, 0.3) is 0 Å². The Labute approximate surface area is 309 Å². The zero-order valence-corrected chi connectivity index (χ0v) is 34.1. The summed E-state index contributed by atoms with van der Waals surface area (Å²) in [6.07, 6.45) is 2.81. The number of unbranched alkanes of at least 4 members (excludes halogenated alkanes) is 1. The third kappa shape index (κ3) is 21.7. The van der Waals surface area contributed by atoms with Crippen molar-refractivity contribution in [3.8, 4) is 0 Å². The molecular weight excluding hydrogens is 673 g/mol. The van der Waals surface area contributed by atoms with Gasteiger partial charge in [-0.05, 0) is 66.5 Å². The fourth-order valence-electron chi connectivity index (χ4n) is 5.83. The van der Waals surface area contributed by atoms with Gasteiger partial charge in [-0.25, -0.2) is 0 Å². The number of hydrogen-bond donors (Lipinski definition) is 2. The average molecular weight is 742 g/mol. The highest BCUT2D eigenvalue weighted by atomic mass is 28.3. The molecule has 1 saturated heterocycles. The standard InChI is InChI=1S/C35H69N8O7Si/c1-29(2)50-51(9)20-11-10-13-35(48)49-28-30-23-42(25-32(45)22-37-4)17-16-40(24-31(44)21-36-3)14-12-15-41(26-33(46)38(5)6)18-19-43(30)27-34(47)39(7)8/h29-30,36-37H,10-28H2,1-9H3. The monoisotopic (exact) mass is 742 g/mol. The second-order valence-electron chi connectivity index (χ2n) is 14.2. The number of amides is 2. The normalized spacial score (nSPS) is 17.8. The van der Waals surface area contributed by atoms with Crippen LogP contribution in [0.25, 0.3) is 0 Å². The summed E-state index contributed by atoms with van der Waals surface area (Å²) in [6.45, 7) is 11.1. The van der Waals surface area contributed by atoms with Crippen molar-refractivity contribution in [3.63, 3.8) is 0 Å². The van der Waals surface area contributed by atoms with Crippen LogP contribution in [0, 0.1) is 0 Å². The van der Waals surface area contributed by atoms with Crippen LogP contribution in [-0.2, 0) is 33.1 Å². The second-order valence-corrected chi connectivity index (χ2v) is 16.4. The number of nitrogens with one attached hydrogen (secondary N) is 2. The molecule has 0 aromatic heterocycles. The van der Waals surface area contributed by atoms with Crippen LogP contribution in [0.5, 0.6) is 0 Å². The van der Waals surface area contributed by atoms with Crippen LogP contribution < -0.4 is 10.6 Å². The Morgan fingerprint density at radius 3 is 1.84 bits per heavy atom. The molecule has 0 bridgehead atoms. The van der Waals surface area contributed by atoms with Gasteiger partial charge in [-0.1, -0.05) is 6.42 Å². The number of carbonyl (C=O) groups excluding carboxylic acids is 5. The summed E-state index contributed by atoms with van der Waals surface area (Å²) in [6, 6.07) is 0.552. The number of ketones is 2. The number of carbonyl (C=O) groups is 5. The molecule has 1 unspecified atom stereocenters. The largest absolute Gasteiger partial charge is 0.464 e. The highest BCUT2D eigenvalue weighted by molar-refractivity contribution is 6.50. The molecule has 295 valence electrons. The second kappa shape index (κ2) is 26.5. The van der Waals surface area contributed by atoms with Gasteiger partial charge in [0.2, 0.25) is 20.9 Å². The Morgan fingerprint density at radius 1 is 0.745 bits per heavy atom. The van der Waals surface area contributed by atoms with Gasteiger partial charge in [0.15, 0.2) is 11.6 Å². The zero-order valence-electron chi connectivity index (χ0n) is 33.1. The number of likely N-dealkylation sites (N-methyl/N-ethyl adjacent to an activating group) is 4. The smallest absolute Gasteiger partial charge is 0.305 e. The quantitative estimate of drug-likeness (QED) is 0.0885. The van der Waals surface area contributed by atoms with E-state index in [1.54, 1.807) is 47.2 Å². The molecule has 51 heavy (non-hydrogen) atoms. The number of ether oxygens (including phenoxy) is 1. The van der Waals surface area contributed by atoms with E-state index < -0.39 is 15.1 Å². The summed E-state index contributed by atoms with van der Waals surface area (Å²) < 4.78 is 11.8. The van der Waals surface area contributed by atoms with Crippen molar-refractivity contribution < 1.29 is 33.1 Å². The molecule has 0 saturated carbocycles. The van der Waals surface area contributed by atoms with Gasteiger partial charge >= 0.3 is 5.97 Å². The number of esters is 1. The van der Waals surface area contributed by atoms with Gasteiger partial charge in [0, 0.05) is 73.4 Å². The summed E-state index contributed by atoms with van der Waals surface area (Å²) in [4.78, 5) is 76.1. The van der Waals surface area contributed by atoms with Gasteiger partial charge in [-0.3, -0.25) is 43.6 Å². The third-order valence-electron chi connectivity index (χ3n) is 8.65. The average Bonchev–Trinajstić information content (AvgIpc) is 3.05. The van der Waals surface area contributed by atoms with E-state index in [0.29, 0.717) is 58.7 Å². The third-order valence-corrected chi connectivity index (χ3v) is 10.6. The van der Waals surface area contributed by atoms with Gasteiger partial charge in [0.1, 0.15) is 6.61 Å². The van der Waals surface area contributed by atoms with Crippen LogP contribution in [-0.4, -0.2) is 214 Å². The van der Waals surface area contributed by atoms with E-state index in [4.69, 9.17) is 9.16 Å². The number of Topliss-reactive ketones (excluding diaryl/α,β-unsaturated/α-hetero) is 2. The van der Waals surface area contributed by atoms with Gasteiger partial charge in [-0.15, -0.1) is 0 Å². The summed E-state index contributed by atoms with van der Waals surface area (Å²) in [7, 11) is 9.47. The number of nitrogens with zero attached hydrogens (tertiary/aromatic N) is 6. The van der Waals surface area contributed by atoms with Gasteiger partial charge < -0.3 is 29.6 Å². The SMILES string of the molecule is CNCC(=O)CN1CCCN(CC(=O)N(C)C)CCN(CC(=O)N(C)C)C(COC(=O)CCCC[Si](C)OC(C)C)CN(CC(=O)CNC)CC1. The minimum absolute atomic E-state index is 0.0120. The molecule has 1 rings (SSSR count). The molecule has 2 amide bonds. The summed E-state index contributed by atoms with van der Waals surface area (Å²) in [5, 5.41) is 5.88. The van der Waals surface area contributed by atoms with Crippen LogP contribution in [0.3, 0.4) is 0 Å². The molecule has 16 heteroatoms. The lowest BCUT2D eigenvalue weighted by molar-refractivity contribution is -0.146. The van der Waals surface area contributed by atoms with Crippen molar-refractivity contribution in [1.29, 1.82) is 0 Å². The molecular formula is C35H69N8O7Si. The molecule has 1 aliphatic heterocycles. The van der Waals surface area contributed by atoms with Gasteiger partial charge in [-0.2, -0.15) is 0 Å². The fraction of sp³-hybridized carbons (Fsp3) is 0.857. The van der Waals surface area contributed by atoms with Crippen LogP contribution in [0.1, 0.15) is 39.5 Å². The molecule has 0 aromatic carbocycles. The van der Waals surface area contributed by atoms with Crippen molar-refractivity contribution in [3.05, 3.63) is 0 Å². The van der Waals surface area contributed by atoms with Crippen molar-refractivity contribution in [2.45, 2.75) is 64.3 Å². The molecule has 1 fully saturated rings. The van der Waals surface area contributed by atoms with Crippen LogP contribution in [0.15, 0.2) is 0 Å². The van der Waals surface area contributed by atoms with E-state index in [2.05, 4.69) is 27.0 Å². The summed E-state index contributed by atoms with van der Waals surface area (Å²) in [5.41, 5.74) is 0. The van der Waals surface area contributed by atoms with E-state index in [9.17, 15) is 24.0 Å². The van der Waals surface area contributed by atoms with Crippen LogP contribution in [0.2, 0.25) is 12.6 Å². The predicted molar refractivity (Wildman–Crippen MR) is 202 cm³/mol. The van der Waals surface area contributed by atoms with Crippen LogP contribution in [0.4, 0.5) is 0 Å². The predicted octanol–water partition coefficient (Wildman–Crippen LogP) is -0.520. The maximum atomic E-state index is 13.2. The van der Waals surface area contributed by atoms with Crippen LogP contribution >= 0.6 is 0 Å². The fourth-order valence-corrected chi connectivity index (χ4v) is 7.50. The Balaban J connectivity index is 3.38. The zero-order chi connectivity index (χ0) is 38.3. The molecule has 1 atom stereocenters. The molecule has 0 spiro atoms. The molecule has 1 heterocycles. The van der Waals surface area contributed by atoms with Crippen molar-refractivity contribution >= 4 is 38.4 Å². The first-order valence-electron chi connectivity index (χ1n) is 18.4. The molecule has 1 radical (unpaired) electrons. The Morgan fingerprint density at radius 2 is 1.27 bits per heavy atom. The van der Waals surface area contributed by atoms with E-state index in [0.717, 1.165) is 18.9 Å². The minimum Gasteiger partial charge on any atom is -0.464 e. The number of hydrogen-bond acceptors (Lipinski definition) is 13. The van der Waals surface area contributed by atoms with Gasteiger partial charge in [0.05, 0.1) is 45.3 Å². The lowest BCUT2D eigenvalue weighted by Crippen LogP contribution is -2.54. The maximum Gasteiger partial charge on any atom is 0.305 e. The Kier molecular flexibility index (Phi) is 24.2. The van der Waals surface area contributed by atoms with E-state index >= 15 is 0 Å². The van der Waals surface area contributed by atoms with E-state index in [-0.39, 0.29) is 81.3 Å². The first kappa shape index (κ1) is 46.7. The molecule has 2 N–H and O–H groups in total. The van der Waals surface area contributed by atoms with Crippen molar-refractivity contribution in [1.82, 2.24) is 40.0 Å². The lowest BCUT2D eigenvalue weighted by atomic mass is 10.2. The first-order chi connectivity index (χ1) is 24.1. The molecule has 1 aliphatic rings. The molecule has 15 nitrogen and oxygen atoms in total. The minimum atomic E-state index is -0.899. The summed E-state index contributed by atoms with van der Waals surface area (Å²) in [5.74, 6) is -0.335.